The molecule has 0 unspecified atom stereocenters. The van der Waals surface area contributed by atoms with E-state index in [1.165, 1.54) is 13.8 Å². The minimum absolute atomic E-state index is 0.108. The van der Waals surface area contributed by atoms with Crippen LogP contribution in [0.3, 0.4) is 0 Å². The Hall–Kier alpha value is -1.49. The molecule has 7 atom stereocenters. The van der Waals surface area contributed by atoms with Gasteiger partial charge in [-0.15, -0.1) is 0 Å². The van der Waals surface area contributed by atoms with Gasteiger partial charge in [0.25, 0.3) is 0 Å². The molecular formula is C21H27BrO8S. The molecule has 0 radical (unpaired) electrons. The normalized spacial score (nSPS) is 32.9. The first-order valence-corrected chi connectivity index (χ1v) is 12.6. The summed E-state index contributed by atoms with van der Waals surface area (Å²) in [5.41, 5.74) is 0.973. The molecule has 0 amide bonds. The van der Waals surface area contributed by atoms with Crippen LogP contribution in [0.1, 0.15) is 26.3 Å². The number of esters is 2. The number of aryl methyl sites for hydroxylation is 1. The highest BCUT2D eigenvalue weighted by atomic mass is 79.9. The number of hydrogen-bond acceptors (Lipinski definition) is 8. The SMILES string of the molecule is CC(=O)OC[C@@H]1O[C@H]2O[C@H](C)[C@@H](CS(=O)(=O)c3ccc(C)cc3)[C@H]2[C@H](Br)[C@H]1OC(C)=O. The molecule has 1 aromatic rings. The number of carbonyl (C=O) groups is 2. The summed E-state index contributed by atoms with van der Waals surface area (Å²) in [6.45, 7) is 6.14. The summed E-state index contributed by atoms with van der Waals surface area (Å²) >= 11 is 3.61. The van der Waals surface area contributed by atoms with Gasteiger partial charge < -0.3 is 18.9 Å². The van der Waals surface area contributed by atoms with E-state index in [-0.39, 0.29) is 23.2 Å². The number of benzene rings is 1. The van der Waals surface area contributed by atoms with Gasteiger partial charge in [0.05, 0.1) is 21.6 Å². The zero-order valence-electron chi connectivity index (χ0n) is 17.8. The molecule has 0 bridgehead atoms. The van der Waals surface area contributed by atoms with Crippen molar-refractivity contribution in [1.29, 1.82) is 0 Å². The van der Waals surface area contributed by atoms with Gasteiger partial charge in [-0.2, -0.15) is 0 Å². The smallest absolute Gasteiger partial charge is 0.303 e. The molecular weight excluding hydrogens is 492 g/mol. The molecule has 1 aromatic carbocycles. The van der Waals surface area contributed by atoms with E-state index in [2.05, 4.69) is 15.9 Å². The Morgan fingerprint density at radius 2 is 1.74 bits per heavy atom. The predicted molar refractivity (Wildman–Crippen MR) is 114 cm³/mol. The van der Waals surface area contributed by atoms with E-state index in [9.17, 15) is 18.0 Å². The van der Waals surface area contributed by atoms with E-state index in [0.29, 0.717) is 0 Å². The third-order valence-electron chi connectivity index (χ3n) is 5.66. The van der Waals surface area contributed by atoms with Crippen molar-refractivity contribution < 1.29 is 37.0 Å². The van der Waals surface area contributed by atoms with Gasteiger partial charge in [-0.3, -0.25) is 9.59 Å². The fourth-order valence-electron chi connectivity index (χ4n) is 4.11. The summed E-state index contributed by atoms with van der Waals surface area (Å²) in [5.74, 6) is -1.91. The van der Waals surface area contributed by atoms with Crippen molar-refractivity contribution in [2.45, 2.75) is 62.0 Å². The molecule has 3 rings (SSSR count). The maximum absolute atomic E-state index is 13.1. The Kier molecular flexibility index (Phi) is 7.45. The van der Waals surface area contributed by atoms with Crippen molar-refractivity contribution in [2.24, 2.45) is 11.8 Å². The first-order chi connectivity index (χ1) is 14.5. The van der Waals surface area contributed by atoms with Gasteiger partial charge in [-0.05, 0) is 26.0 Å². The second-order valence-electron chi connectivity index (χ2n) is 8.04. The molecule has 2 aliphatic rings. The van der Waals surface area contributed by atoms with Crippen LogP contribution in [0, 0.1) is 18.8 Å². The largest absolute Gasteiger partial charge is 0.463 e. The van der Waals surface area contributed by atoms with Gasteiger partial charge in [0, 0.05) is 25.7 Å². The Labute approximate surface area is 190 Å². The van der Waals surface area contributed by atoms with Gasteiger partial charge in [0.1, 0.15) is 18.8 Å². The van der Waals surface area contributed by atoms with Gasteiger partial charge in [-0.1, -0.05) is 33.6 Å². The van der Waals surface area contributed by atoms with Crippen LogP contribution in [0.15, 0.2) is 29.2 Å². The minimum atomic E-state index is -3.58. The molecule has 0 saturated carbocycles. The van der Waals surface area contributed by atoms with Crippen molar-refractivity contribution in [2.75, 3.05) is 12.4 Å². The first kappa shape index (κ1) is 24.2. The van der Waals surface area contributed by atoms with Crippen molar-refractivity contribution >= 4 is 37.7 Å². The maximum atomic E-state index is 13.1. The quantitative estimate of drug-likeness (QED) is 0.417. The number of rotatable bonds is 6. The number of fused-ring (bicyclic) bond motifs is 1. The summed E-state index contributed by atoms with van der Waals surface area (Å²) in [6, 6.07) is 6.72. The monoisotopic (exact) mass is 518 g/mol. The van der Waals surface area contributed by atoms with Crippen LogP contribution in [-0.4, -0.2) is 62.1 Å². The lowest BCUT2D eigenvalue weighted by molar-refractivity contribution is -0.238. The number of sulfone groups is 1. The van der Waals surface area contributed by atoms with Gasteiger partial charge in [0.2, 0.25) is 0 Å². The highest BCUT2D eigenvalue weighted by Crippen LogP contribution is 2.45. The lowest BCUT2D eigenvalue weighted by Gasteiger charge is -2.41. The predicted octanol–water partition coefficient (Wildman–Crippen LogP) is 2.40. The summed E-state index contributed by atoms with van der Waals surface area (Å²) in [4.78, 5) is 22.7. The Morgan fingerprint density at radius 1 is 1.10 bits per heavy atom. The number of alkyl halides is 1. The second-order valence-corrected chi connectivity index (χ2v) is 11.1. The summed E-state index contributed by atoms with van der Waals surface area (Å²) in [5, 5.41) is 0. The molecule has 0 aromatic heterocycles. The number of hydrogen-bond donors (Lipinski definition) is 0. The van der Waals surface area contributed by atoms with E-state index in [4.69, 9.17) is 18.9 Å². The van der Waals surface area contributed by atoms with E-state index >= 15 is 0 Å². The van der Waals surface area contributed by atoms with Crippen molar-refractivity contribution in [3.05, 3.63) is 29.8 Å². The average molecular weight is 519 g/mol. The molecule has 2 saturated heterocycles. The van der Waals surface area contributed by atoms with Crippen LogP contribution in [0.25, 0.3) is 0 Å². The average Bonchev–Trinajstić information content (AvgIpc) is 2.97. The highest BCUT2D eigenvalue weighted by molar-refractivity contribution is 9.09. The third kappa shape index (κ3) is 5.47. The minimum Gasteiger partial charge on any atom is -0.463 e. The molecule has 2 aliphatic heterocycles. The molecule has 0 spiro atoms. The second kappa shape index (κ2) is 9.56. The maximum Gasteiger partial charge on any atom is 0.303 e. The molecule has 31 heavy (non-hydrogen) atoms. The van der Waals surface area contributed by atoms with E-state index < -0.39 is 57.1 Å². The van der Waals surface area contributed by atoms with E-state index in [0.717, 1.165) is 5.56 Å². The van der Waals surface area contributed by atoms with Crippen LogP contribution in [0.5, 0.6) is 0 Å². The van der Waals surface area contributed by atoms with Gasteiger partial charge >= 0.3 is 11.9 Å². The Morgan fingerprint density at radius 3 is 2.32 bits per heavy atom. The van der Waals surface area contributed by atoms with Gasteiger partial charge in [0.15, 0.2) is 16.1 Å². The van der Waals surface area contributed by atoms with Crippen molar-refractivity contribution in [3.63, 3.8) is 0 Å². The number of carbonyl (C=O) groups excluding carboxylic acids is 2. The molecule has 2 heterocycles. The molecule has 0 aliphatic carbocycles. The lowest BCUT2D eigenvalue weighted by Crippen LogP contribution is -2.55. The van der Waals surface area contributed by atoms with Crippen LogP contribution in [0.4, 0.5) is 0 Å². The Balaban J connectivity index is 1.84. The number of halogens is 1. The molecule has 10 heteroatoms. The Bertz CT molecular complexity index is 916. The fourth-order valence-corrected chi connectivity index (χ4v) is 6.94. The first-order valence-electron chi connectivity index (χ1n) is 10.0. The highest BCUT2D eigenvalue weighted by Gasteiger charge is 2.56. The van der Waals surface area contributed by atoms with Crippen LogP contribution >= 0.6 is 15.9 Å². The lowest BCUT2D eigenvalue weighted by atomic mass is 9.84. The van der Waals surface area contributed by atoms with Crippen molar-refractivity contribution in [3.8, 4) is 0 Å². The summed E-state index contributed by atoms with van der Waals surface area (Å²) in [6.07, 6.45) is -2.62. The molecule has 2 fully saturated rings. The number of ether oxygens (including phenoxy) is 4. The van der Waals surface area contributed by atoms with Crippen LogP contribution in [0.2, 0.25) is 0 Å². The standard InChI is InChI=1S/C21H27BrO8S/c1-11-5-7-15(8-6-11)31(25,26)10-16-12(2)28-21-18(16)19(22)20(29-14(4)24)17(30-21)9-27-13(3)23/h5-8,12,16-21H,9-10H2,1-4H3/t12-,16-,17+,18+,19+,20+,21-/m1/s1. The molecule has 8 nitrogen and oxygen atoms in total. The summed E-state index contributed by atoms with van der Waals surface area (Å²) < 4.78 is 48.6. The zero-order chi connectivity index (χ0) is 22.9. The van der Waals surface area contributed by atoms with E-state index in [1.807, 2.05) is 6.92 Å². The van der Waals surface area contributed by atoms with Gasteiger partial charge in [-0.25, -0.2) is 8.42 Å². The summed E-state index contributed by atoms with van der Waals surface area (Å²) in [7, 11) is -3.58. The topological polar surface area (TPSA) is 105 Å². The van der Waals surface area contributed by atoms with Crippen LogP contribution < -0.4 is 0 Å². The van der Waals surface area contributed by atoms with Crippen molar-refractivity contribution in [1.82, 2.24) is 0 Å². The zero-order valence-corrected chi connectivity index (χ0v) is 20.2. The molecule has 0 N–H and O–H groups in total. The van der Waals surface area contributed by atoms with Crippen LogP contribution in [-0.2, 0) is 38.4 Å². The molecule has 172 valence electrons. The third-order valence-corrected chi connectivity index (χ3v) is 8.61. The fraction of sp³-hybridized carbons (Fsp3) is 0.619. The van der Waals surface area contributed by atoms with E-state index in [1.54, 1.807) is 31.2 Å².